The topological polar surface area (TPSA) is 94.5 Å². The summed E-state index contributed by atoms with van der Waals surface area (Å²) < 4.78 is 0. The molecular weight excluding hydrogens is 77.9 g/mol. The summed E-state index contributed by atoms with van der Waals surface area (Å²) in [6.07, 6.45) is 0. The van der Waals surface area contributed by atoms with Gasteiger partial charge in [0.25, 0.3) is 0 Å². The van der Waals surface area contributed by atoms with Gasteiger partial charge < -0.3 is 16.4 Å². The van der Waals surface area contributed by atoms with Gasteiger partial charge in [-0.15, -0.1) is 0 Å². The van der Waals surface area contributed by atoms with Gasteiger partial charge in [0, 0.05) is 0 Å². The molecule has 0 saturated heterocycles. The van der Waals surface area contributed by atoms with E-state index >= 15 is 0 Å². The van der Waals surface area contributed by atoms with E-state index in [9.17, 15) is 0 Å². The molecule has 5 heavy (non-hydrogen) atoms. The molecule has 0 aliphatic rings. The normalized spacial score (nSPS) is 0. The fourth-order valence-electron chi connectivity index (χ4n) is 0. The summed E-state index contributed by atoms with van der Waals surface area (Å²) in [7, 11) is 0. The van der Waals surface area contributed by atoms with Gasteiger partial charge in [-0.05, 0) is 0 Å². The average Bonchev–Trinajstić information content (AvgIpc) is 0. The summed E-state index contributed by atoms with van der Waals surface area (Å²) in [6.45, 7) is 0. The Kier molecular flexibility index (Phi) is 896. The molecule has 0 rings (SSSR count). The first kappa shape index (κ1) is 89.0. The van der Waals surface area contributed by atoms with Crippen LogP contribution in [0, 0.1) is 0 Å². The van der Waals surface area contributed by atoms with Crippen molar-refractivity contribution in [2.24, 2.45) is 0 Å². The summed E-state index contributed by atoms with van der Waals surface area (Å²) in [6, 6.07) is 0. The van der Waals surface area contributed by atoms with Crippen molar-refractivity contribution in [2.45, 2.75) is 0 Å². The molecule has 0 spiro atoms. The Hall–Kier alpha value is 1.48. The van der Waals surface area contributed by atoms with Gasteiger partial charge >= 0.3 is 48.4 Å². The monoisotopic (exact) mass is 86.1 g/mol. The molecular formula is H8LiNaO3. The fourth-order valence-corrected chi connectivity index (χ4v) is 0. The molecule has 0 heterocycles. The Morgan fingerprint density at radius 3 is 0.600 bits per heavy atom. The van der Waals surface area contributed by atoms with E-state index < -0.39 is 0 Å². The molecule has 0 aromatic heterocycles. The molecule has 0 aliphatic heterocycles. The molecule has 3 nitrogen and oxygen atoms in total. The first-order valence-corrected chi connectivity index (χ1v) is 0. The van der Waals surface area contributed by atoms with Gasteiger partial charge in [0.05, 0.1) is 0 Å². The van der Waals surface area contributed by atoms with Crippen molar-refractivity contribution >= 4 is 48.4 Å². The van der Waals surface area contributed by atoms with E-state index in [2.05, 4.69) is 0 Å². The Bertz CT molecular complexity index is 6.85. The van der Waals surface area contributed by atoms with E-state index in [0.29, 0.717) is 0 Å². The number of hydrogen-bond acceptors (Lipinski definition) is 0. The SMILES string of the molecule is O.O.O.[LiH].[NaH]. The van der Waals surface area contributed by atoms with Crippen molar-refractivity contribution in [3.05, 3.63) is 0 Å². The minimum absolute atomic E-state index is 0. The Morgan fingerprint density at radius 1 is 0.600 bits per heavy atom. The van der Waals surface area contributed by atoms with E-state index in [1.165, 1.54) is 0 Å². The summed E-state index contributed by atoms with van der Waals surface area (Å²) in [4.78, 5) is 0. The maximum atomic E-state index is 0. The van der Waals surface area contributed by atoms with E-state index in [-0.39, 0.29) is 64.8 Å². The van der Waals surface area contributed by atoms with Crippen LogP contribution in [0.15, 0.2) is 0 Å². The molecule has 0 radical (unpaired) electrons. The van der Waals surface area contributed by atoms with Crippen molar-refractivity contribution in [1.29, 1.82) is 0 Å². The first-order valence-electron chi connectivity index (χ1n) is 0. The van der Waals surface area contributed by atoms with Crippen LogP contribution in [0.3, 0.4) is 0 Å². The Labute approximate surface area is 64.5 Å². The summed E-state index contributed by atoms with van der Waals surface area (Å²) in [5.74, 6) is 0. The van der Waals surface area contributed by atoms with Crippen molar-refractivity contribution in [3.8, 4) is 0 Å². The third-order valence-electron chi connectivity index (χ3n) is 0. The van der Waals surface area contributed by atoms with Crippen LogP contribution in [-0.4, -0.2) is 64.8 Å². The molecule has 0 aromatic carbocycles. The Balaban J connectivity index is 0. The van der Waals surface area contributed by atoms with Gasteiger partial charge in [-0.1, -0.05) is 0 Å². The maximum absolute atomic E-state index is 0. The minimum atomic E-state index is 0. The van der Waals surface area contributed by atoms with Crippen LogP contribution in [0.4, 0.5) is 0 Å². The molecule has 0 saturated carbocycles. The van der Waals surface area contributed by atoms with Crippen LogP contribution in [0.5, 0.6) is 0 Å². The quantitative estimate of drug-likeness (QED) is 0.270. The summed E-state index contributed by atoms with van der Waals surface area (Å²) in [5.41, 5.74) is 0. The molecule has 0 fully saturated rings. The molecule has 5 heteroatoms. The fraction of sp³-hybridized carbons (Fsp3) is 0. The van der Waals surface area contributed by atoms with Gasteiger partial charge in [-0.3, -0.25) is 0 Å². The molecule has 0 bridgehead atoms. The zero-order valence-corrected chi connectivity index (χ0v) is 1.50. The molecule has 0 aliphatic carbocycles. The van der Waals surface area contributed by atoms with Crippen molar-refractivity contribution in [3.63, 3.8) is 0 Å². The molecule has 0 unspecified atom stereocenters. The predicted octanol–water partition coefficient (Wildman–Crippen LogP) is -3.77. The molecule has 0 amide bonds. The van der Waals surface area contributed by atoms with Crippen molar-refractivity contribution in [2.75, 3.05) is 0 Å². The van der Waals surface area contributed by atoms with E-state index in [4.69, 9.17) is 0 Å². The zero-order chi connectivity index (χ0) is 0. The van der Waals surface area contributed by atoms with Gasteiger partial charge in [0.2, 0.25) is 0 Å². The second-order valence-electron chi connectivity index (χ2n) is 0. The van der Waals surface area contributed by atoms with Crippen molar-refractivity contribution in [1.82, 2.24) is 0 Å². The van der Waals surface area contributed by atoms with E-state index in [0.717, 1.165) is 0 Å². The summed E-state index contributed by atoms with van der Waals surface area (Å²) in [5, 5.41) is 0. The Morgan fingerprint density at radius 2 is 0.600 bits per heavy atom. The van der Waals surface area contributed by atoms with E-state index in [1.54, 1.807) is 0 Å². The third-order valence-corrected chi connectivity index (χ3v) is 0. The first-order chi connectivity index (χ1) is 0. The molecule has 6 N–H and O–H groups in total. The number of hydrogen-bond donors (Lipinski definition) is 0. The zero-order valence-electron chi connectivity index (χ0n) is 1.50. The van der Waals surface area contributed by atoms with Gasteiger partial charge in [0.1, 0.15) is 0 Å². The second-order valence-corrected chi connectivity index (χ2v) is 0. The van der Waals surface area contributed by atoms with Gasteiger partial charge in [0.15, 0.2) is 0 Å². The second kappa shape index (κ2) is 50.3. The molecule has 0 aromatic rings. The van der Waals surface area contributed by atoms with Gasteiger partial charge in [-0.25, -0.2) is 0 Å². The molecule has 0 atom stereocenters. The van der Waals surface area contributed by atoms with Crippen LogP contribution in [0.25, 0.3) is 0 Å². The number of rotatable bonds is 0. The van der Waals surface area contributed by atoms with Crippen molar-refractivity contribution < 1.29 is 16.4 Å². The van der Waals surface area contributed by atoms with Crippen LogP contribution in [-0.2, 0) is 0 Å². The van der Waals surface area contributed by atoms with E-state index in [1.807, 2.05) is 0 Å². The molecule has 28 valence electrons. The standard InChI is InChI=1S/Li.Na.3H2O.2H/h;;3*1H2;;. The average molecular weight is 86.0 g/mol. The predicted molar refractivity (Wildman–Crippen MR) is 25.1 cm³/mol. The van der Waals surface area contributed by atoms with Crippen LogP contribution < -0.4 is 0 Å². The van der Waals surface area contributed by atoms with Crippen LogP contribution in [0.1, 0.15) is 0 Å². The third kappa shape index (κ3) is 30.3. The van der Waals surface area contributed by atoms with Crippen LogP contribution >= 0.6 is 0 Å². The van der Waals surface area contributed by atoms with Crippen LogP contribution in [0.2, 0.25) is 0 Å². The van der Waals surface area contributed by atoms with Gasteiger partial charge in [-0.2, -0.15) is 0 Å². The summed E-state index contributed by atoms with van der Waals surface area (Å²) >= 11 is 0.